The van der Waals surface area contributed by atoms with Crippen LogP contribution in [0.3, 0.4) is 0 Å². The zero-order valence-electron chi connectivity index (χ0n) is 16.1. The predicted molar refractivity (Wildman–Crippen MR) is 115 cm³/mol. The molecule has 1 aliphatic rings. The van der Waals surface area contributed by atoms with Crippen molar-refractivity contribution in [2.75, 3.05) is 17.2 Å². The van der Waals surface area contributed by atoms with E-state index < -0.39 is 0 Å². The number of aryl methyl sites for hydroxylation is 1. The van der Waals surface area contributed by atoms with E-state index in [1.165, 1.54) is 11.1 Å². The van der Waals surface area contributed by atoms with E-state index in [4.69, 9.17) is 4.98 Å². The Bertz CT molecular complexity index is 1190. The van der Waals surface area contributed by atoms with Gasteiger partial charge in [-0.1, -0.05) is 29.8 Å². The number of benzene rings is 1. The van der Waals surface area contributed by atoms with Crippen LogP contribution in [-0.4, -0.2) is 26.5 Å². The van der Waals surface area contributed by atoms with Crippen LogP contribution in [0.5, 0.6) is 0 Å². The molecule has 0 spiro atoms. The van der Waals surface area contributed by atoms with Gasteiger partial charge in [-0.05, 0) is 37.1 Å². The molecule has 0 aliphatic carbocycles. The van der Waals surface area contributed by atoms with E-state index in [2.05, 4.69) is 56.8 Å². The summed E-state index contributed by atoms with van der Waals surface area (Å²) in [5.41, 5.74) is 7.25. The summed E-state index contributed by atoms with van der Waals surface area (Å²) in [6.45, 7) is 2.88. The minimum Gasteiger partial charge on any atom is -0.354 e. The molecular formula is C23H20N6. The van der Waals surface area contributed by atoms with Crippen molar-refractivity contribution in [1.82, 2.24) is 19.9 Å². The molecule has 29 heavy (non-hydrogen) atoms. The summed E-state index contributed by atoms with van der Waals surface area (Å²) in [4.78, 5) is 18.1. The fourth-order valence-electron chi connectivity index (χ4n) is 3.61. The Hall–Kier alpha value is -3.80. The van der Waals surface area contributed by atoms with Gasteiger partial charge in [0.25, 0.3) is 0 Å². The Kier molecular flexibility index (Phi) is 4.37. The first-order valence-electron chi connectivity index (χ1n) is 9.61. The first kappa shape index (κ1) is 17.3. The standard InChI is InChI=1S/C23H20N6/c1-15-4-2-5-16(12-15)7-11-26-23-27-13-19-17-8-10-24-14-20(17)28-22-18(21(19)29-23)6-3-9-25-22/h2-6,8-10,12-14H,7,11H2,1H3,(H,25,28)(H,26,27,29). The molecule has 0 radical (unpaired) electrons. The third kappa shape index (κ3) is 3.40. The number of anilines is 3. The van der Waals surface area contributed by atoms with Crippen molar-refractivity contribution in [2.45, 2.75) is 13.3 Å². The Morgan fingerprint density at radius 3 is 2.83 bits per heavy atom. The molecule has 1 aromatic carbocycles. The average Bonchev–Trinajstić information content (AvgIpc) is 2.88. The van der Waals surface area contributed by atoms with Crippen molar-refractivity contribution >= 4 is 17.5 Å². The normalized spacial score (nSPS) is 11.5. The molecule has 0 amide bonds. The Morgan fingerprint density at radius 2 is 1.90 bits per heavy atom. The van der Waals surface area contributed by atoms with Crippen LogP contribution in [0.15, 0.2) is 67.3 Å². The van der Waals surface area contributed by atoms with Gasteiger partial charge in [-0.25, -0.2) is 15.0 Å². The Morgan fingerprint density at radius 1 is 0.931 bits per heavy atom. The molecule has 5 rings (SSSR count). The number of nitrogens with one attached hydrogen (secondary N) is 2. The second-order valence-corrected chi connectivity index (χ2v) is 7.07. The van der Waals surface area contributed by atoms with E-state index in [9.17, 15) is 0 Å². The molecule has 142 valence electrons. The minimum atomic E-state index is 0.615. The molecule has 2 N–H and O–H groups in total. The maximum absolute atomic E-state index is 4.84. The van der Waals surface area contributed by atoms with Crippen molar-refractivity contribution in [2.24, 2.45) is 0 Å². The van der Waals surface area contributed by atoms with Gasteiger partial charge >= 0.3 is 0 Å². The zero-order chi connectivity index (χ0) is 19.6. The smallest absolute Gasteiger partial charge is 0.223 e. The van der Waals surface area contributed by atoms with Gasteiger partial charge in [-0.15, -0.1) is 0 Å². The number of fused-ring (bicyclic) bond motifs is 5. The van der Waals surface area contributed by atoms with Crippen LogP contribution in [0.25, 0.3) is 22.4 Å². The van der Waals surface area contributed by atoms with E-state index in [0.717, 1.165) is 46.9 Å². The molecule has 3 aromatic heterocycles. The van der Waals surface area contributed by atoms with Gasteiger partial charge in [0, 0.05) is 41.8 Å². The molecule has 4 aromatic rings. The predicted octanol–water partition coefficient (Wildman–Crippen LogP) is 4.62. The first-order chi connectivity index (χ1) is 14.3. The summed E-state index contributed by atoms with van der Waals surface area (Å²) in [6.07, 6.45) is 8.14. The van der Waals surface area contributed by atoms with E-state index in [-0.39, 0.29) is 0 Å². The van der Waals surface area contributed by atoms with Gasteiger partial charge < -0.3 is 10.6 Å². The lowest BCUT2D eigenvalue weighted by molar-refractivity contribution is 0.983. The van der Waals surface area contributed by atoms with Crippen LogP contribution < -0.4 is 10.6 Å². The van der Waals surface area contributed by atoms with Crippen molar-refractivity contribution in [3.05, 3.63) is 78.4 Å². The molecule has 0 atom stereocenters. The van der Waals surface area contributed by atoms with Gasteiger partial charge in [0.2, 0.25) is 5.95 Å². The monoisotopic (exact) mass is 380 g/mol. The second kappa shape index (κ2) is 7.31. The lowest BCUT2D eigenvalue weighted by atomic mass is 10.0. The summed E-state index contributed by atoms with van der Waals surface area (Å²) in [7, 11) is 0. The van der Waals surface area contributed by atoms with Crippen molar-refractivity contribution < 1.29 is 0 Å². The molecule has 6 nitrogen and oxygen atoms in total. The summed E-state index contributed by atoms with van der Waals surface area (Å²) in [5, 5.41) is 6.74. The zero-order valence-corrected chi connectivity index (χ0v) is 16.1. The average molecular weight is 380 g/mol. The number of hydrogen-bond donors (Lipinski definition) is 2. The molecule has 0 saturated heterocycles. The quantitative estimate of drug-likeness (QED) is 0.474. The summed E-state index contributed by atoms with van der Waals surface area (Å²) in [6, 6.07) is 14.5. The molecule has 0 unspecified atom stereocenters. The van der Waals surface area contributed by atoms with Crippen LogP contribution >= 0.6 is 0 Å². The molecule has 4 heterocycles. The number of nitrogens with zero attached hydrogens (tertiary/aromatic N) is 4. The third-order valence-corrected chi connectivity index (χ3v) is 5.00. The lowest BCUT2D eigenvalue weighted by Gasteiger charge is -2.11. The van der Waals surface area contributed by atoms with Crippen LogP contribution in [0.1, 0.15) is 11.1 Å². The van der Waals surface area contributed by atoms with Gasteiger partial charge in [0.05, 0.1) is 17.6 Å². The Balaban J connectivity index is 1.48. The van der Waals surface area contributed by atoms with Gasteiger partial charge in [-0.2, -0.15) is 0 Å². The molecular weight excluding hydrogens is 360 g/mol. The minimum absolute atomic E-state index is 0.615. The highest BCUT2D eigenvalue weighted by Crippen LogP contribution is 2.41. The SMILES string of the molecule is Cc1cccc(CCNc2ncc3c(n2)-c2cccnc2Nc2cnccc2-3)c1. The first-order valence-corrected chi connectivity index (χ1v) is 9.61. The van der Waals surface area contributed by atoms with Gasteiger partial charge in [0.1, 0.15) is 5.82 Å². The van der Waals surface area contributed by atoms with Crippen molar-refractivity contribution in [3.63, 3.8) is 0 Å². The Labute approximate surface area is 169 Å². The fourth-order valence-corrected chi connectivity index (χ4v) is 3.61. The van der Waals surface area contributed by atoms with E-state index in [0.29, 0.717) is 5.95 Å². The largest absolute Gasteiger partial charge is 0.354 e. The molecule has 0 saturated carbocycles. The molecule has 6 heteroatoms. The number of rotatable bonds is 4. The van der Waals surface area contributed by atoms with E-state index >= 15 is 0 Å². The second-order valence-electron chi connectivity index (χ2n) is 7.07. The number of pyridine rings is 2. The van der Waals surface area contributed by atoms with Crippen LogP contribution in [0, 0.1) is 6.92 Å². The highest BCUT2D eigenvalue weighted by molar-refractivity contribution is 5.95. The molecule has 0 bridgehead atoms. The summed E-state index contributed by atoms with van der Waals surface area (Å²) >= 11 is 0. The maximum Gasteiger partial charge on any atom is 0.223 e. The molecule has 1 aliphatic heterocycles. The van der Waals surface area contributed by atoms with Crippen molar-refractivity contribution in [3.8, 4) is 22.4 Å². The highest BCUT2D eigenvalue weighted by atomic mass is 15.1. The summed E-state index contributed by atoms with van der Waals surface area (Å²) < 4.78 is 0. The lowest BCUT2D eigenvalue weighted by Crippen LogP contribution is -2.09. The van der Waals surface area contributed by atoms with Gasteiger partial charge in [-0.3, -0.25) is 4.98 Å². The van der Waals surface area contributed by atoms with E-state index in [1.807, 2.05) is 24.4 Å². The van der Waals surface area contributed by atoms with E-state index in [1.54, 1.807) is 18.6 Å². The third-order valence-electron chi connectivity index (χ3n) is 5.00. The number of aromatic nitrogens is 4. The summed E-state index contributed by atoms with van der Waals surface area (Å²) in [5.74, 6) is 1.38. The number of hydrogen-bond acceptors (Lipinski definition) is 6. The van der Waals surface area contributed by atoms with Crippen LogP contribution in [-0.2, 0) is 6.42 Å². The molecule has 0 fully saturated rings. The topological polar surface area (TPSA) is 75.6 Å². The highest BCUT2D eigenvalue weighted by Gasteiger charge is 2.21. The van der Waals surface area contributed by atoms with Crippen LogP contribution in [0.2, 0.25) is 0 Å². The maximum atomic E-state index is 4.84. The van der Waals surface area contributed by atoms with Crippen LogP contribution in [0.4, 0.5) is 17.5 Å². The fraction of sp³-hybridized carbons (Fsp3) is 0.130. The van der Waals surface area contributed by atoms with Crippen molar-refractivity contribution in [1.29, 1.82) is 0 Å². The van der Waals surface area contributed by atoms with Gasteiger partial charge in [0.15, 0.2) is 0 Å².